The Labute approximate surface area is 97.6 Å². The third-order valence-corrected chi connectivity index (χ3v) is 2.64. The summed E-state index contributed by atoms with van der Waals surface area (Å²) in [5.41, 5.74) is 6.93. The number of nitrogens with zero attached hydrogens (tertiary/aromatic N) is 2. The molecule has 0 unspecified atom stereocenters. The van der Waals surface area contributed by atoms with E-state index in [1.165, 1.54) is 6.07 Å². The Morgan fingerprint density at radius 3 is 2.88 bits per heavy atom. The fraction of sp³-hybridized carbons (Fsp3) is 0.182. The van der Waals surface area contributed by atoms with Crippen molar-refractivity contribution in [2.75, 3.05) is 5.73 Å². The number of aromatic nitrogens is 2. The van der Waals surface area contributed by atoms with Crippen molar-refractivity contribution in [2.24, 2.45) is 0 Å². The zero-order valence-corrected chi connectivity index (χ0v) is 9.50. The SMILES string of the molecule is Cc1cc(N)nn1Cc1cccc(Cl)c1F. The summed E-state index contributed by atoms with van der Waals surface area (Å²) in [6.07, 6.45) is 0. The smallest absolute Gasteiger partial charge is 0.146 e. The maximum absolute atomic E-state index is 13.6. The van der Waals surface area contributed by atoms with Gasteiger partial charge in [0, 0.05) is 17.3 Å². The van der Waals surface area contributed by atoms with E-state index in [1.807, 2.05) is 6.92 Å². The summed E-state index contributed by atoms with van der Waals surface area (Å²) in [7, 11) is 0. The van der Waals surface area contributed by atoms with Gasteiger partial charge in [0.15, 0.2) is 0 Å². The highest BCUT2D eigenvalue weighted by atomic mass is 35.5. The zero-order chi connectivity index (χ0) is 11.7. The molecule has 2 rings (SSSR count). The van der Waals surface area contributed by atoms with Crippen molar-refractivity contribution < 1.29 is 4.39 Å². The van der Waals surface area contributed by atoms with E-state index >= 15 is 0 Å². The van der Waals surface area contributed by atoms with E-state index in [1.54, 1.807) is 22.9 Å². The van der Waals surface area contributed by atoms with Crippen LogP contribution in [0.4, 0.5) is 10.2 Å². The van der Waals surface area contributed by atoms with Gasteiger partial charge >= 0.3 is 0 Å². The lowest BCUT2D eigenvalue weighted by Crippen LogP contribution is -2.06. The lowest BCUT2D eigenvalue weighted by atomic mass is 10.2. The maximum Gasteiger partial charge on any atom is 0.146 e. The average molecular weight is 240 g/mol. The molecule has 5 heteroatoms. The van der Waals surface area contributed by atoms with Crippen molar-refractivity contribution in [1.29, 1.82) is 0 Å². The van der Waals surface area contributed by atoms with Gasteiger partial charge < -0.3 is 5.73 Å². The fourth-order valence-corrected chi connectivity index (χ4v) is 1.72. The molecule has 0 aliphatic rings. The molecule has 0 saturated carbocycles. The van der Waals surface area contributed by atoms with Gasteiger partial charge in [-0.3, -0.25) is 4.68 Å². The van der Waals surface area contributed by atoms with Gasteiger partial charge in [0.25, 0.3) is 0 Å². The number of nitrogens with two attached hydrogens (primary N) is 1. The minimum absolute atomic E-state index is 0.121. The van der Waals surface area contributed by atoms with Crippen LogP contribution in [-0.2, 0) is 6.54 Å². The van der Waals surface area contributed by atoms with Crippen LogP contribution in [0.25, 0.3) is 0 Å². The minimum Gasteiger partial charge on any atom is -0.382 e. The van der Waals surface area contributed by atoms with E-state index in [2.05, 4.69) is 5.10 Å². The average Bonchev–Trinajstić information content (AvgIpc) is 2.53. The summed E-state index contributed by atoms with van der Waals surface area (Å²) in [4.78, 5) is 0. The summed E-state index contributed by atoms with van der Waals surface area (Å²) in [5, 5.41) is 4.18. The lowest BCUT2D eigenvalue weighted by molar-refractivity contribution is 0.581. The number of anilines is 1. The van der Waals surface area contributed by atoms with Crippen molar-refractivity contribution in [1.82, 2.24) is 9.78 Å². The molecule has 0 spiro atoms. The molecule has 2 N–H and O–H groups in total. The molecular formula is C11H11ClFN3. The standard InChI is InChI=1S/C11H11ClFN3/c1-7-5-10(14)15-16(7)6-8-3-2-4-9(12)11(8)13/h2-5H,6H2,1H3,(H2,14,15). The molecule has 1 heterocycles. The third kappa shape index (κ3) is 2.02. The highest BCUT2D eigenvalue weighted by molar-refractivity contribution is 6.30. The summed E-state index contributed by atoms with van der Waals surface area (Å²) in [6.45, 7) is 2.20. The number of nitrogen functional groups attached to an aromatic ring is 1. The van der Waals surface area contributed by atoms with Crippen LogP contribution >= 0.6 is 11.6 Å². The van der Waals surface area contributed by atoms with Crippen LogP contribution in [0.2, 0.25) is 5.02 Å². The van der Waals surface area contributed by atoms with Crippen LogP contribution in [-0.4, -0.2) is 9.78 Å². The summed E-state index contributed by atoms with van der Waals surface area (Å²) in [5.74, 6) is 0.0255. The van der Waals surface area contributed by atoms with E-state index in [4.69, 9.17) is 17.3 Å². The van der Waals surface area contributed by atoms with E-state index in [0.29, 0.717) is 17.9 Å². The van der Waals surface area contributed by atoms with E-state index < -0.39 is 5.82 Å². The molecule has 0 radical (unpaired) electrons. The highest BCUT2D eigenvalue weighted by Gasteiger charge is 2.08. The van der Waals surface area contributed by atoms with Crippen LogP contribution in [0.15, 0.2) is 24.3 Å². The molecule has 0 amide bonds. The molecule has 16 heavy (non-hydrogen) atoms. The minimum atomic E-state index is -0.405. The molecule has 3 nitrogen and oxygen atoms in total. The molecule has 0 aliphatic heterocycles. The molecule has 0 fully saturated rings. The van der Waals surface area contributed by atoms with Crippen molar-refractivity contribution in [3.8, 4) is 0 Å². The number of halogens is 2. The predicted octanol–water partition coefficient (Wildman–Crippen LogP) is 2.61. The molecule has 84 valence electrons. The first kappa shape index (κ1) is 11.0. The Kier molecular flexibility index (Phi) is 2.83. The molecule has 0 bridgehead atoms. The monoisotopic (exact) mass is 239 g/mol. The zero-order valence-electron chi connectivity index (χ0n) is 8.74. The van der Waals surface area contributed by atoms with Gasteiger partial charge in [0.05, 0.1) is 11.6 Å². The van der Waals surface area contributed by atoms with Crippen LogP contribution in [0.1, 0.15) is 11.3 Å². The van der Waals surface area contributed by atoms with Gasteiger partial charge in [-0.2, -0.15) is 5.10 Å². The van der Waals surface area contributed by atoms with E-state index in [9.17, 15) is 4.39 Å². The molecule has 1 aromatic heterocycles. The molecule has 2 aromatic rings. The van der Waals surface area contributed by atoms with Gasteiger partial charge in [-0.05, 0) is 13.0 Å². The van der Waals surface area contributed by atoms with E-state index in [0.717, 1.165) is 5.69 Å². The topological polar surface area (TPSA) is 43.8 Å². The van der Waals surface area contributed by atoms with Gasteiger partial charge in [-0.1, -0.05) is 23.7 Å². The molecule has 0 saturated heterocycles. The maximum atomic E-state index is 13.6. The number of benzene rings is 1. The Balaban J connectivity index is 2.34. The predicted molar refractivity (Wildman–Crippen MR) is 61.9 cm³/mol. The first-order valence-corrected chi connectivity index (χ1v) is 5.18. The second-order valence-corrected chi connectivity index (χ2v) is 3.99. The van der Waals surface area contributed by atoms with Crippen LogP contribution in [0.5, 0.6) is 0 Å². The first-order chi connectivity index (χ1) is 7.58. The normalized spacial score (nSPS) is 10.7. The molecule has 1 aromatic carbocycles. The second-order valence-electron chi connectivity index (χ2n) is 3.58. The summed E-state index contributed by atoms with van der Waals surface area (Å²) < 4.78 is 15.3. The van der Waals surface area contributed by atoms with Gasteiger partial charge in [-0.25, -0.2) is 4.39 Å². The number of hydrogen-bond donors (Lipinski definition) is 1. The van der Waals surface area contributed by atoms with Crippen molar-refractivity contribution in [3.05, 3.63) is 46.4 Å². The quantitative estimate of drug-likeness (QED) is 0.876. The Morgan fingerprint density at radius 1 is 1.50 bits per heavy atom. The second kappa shape index (κ2) is 4.14. The molecular weight excluding hydrogens is 229 g/mol. The summed E-state index contributed by atoms with van der Waals surface area (Å²) in [6, 6.07) is 6.65. The number of aryl methyl sites for hydroxylation is 1. The Bertz CT molecular complexity index is 522. The third-order valence-electron chi connectivity index (χ3n) is 2.35. The lowest BCUT2D eigenvalue weighted by Gasteiger charge is -2.06. The fourth-order valence-electron chi connectivity index (χ4n) is 1.53. The van der Waals surface area contributed by atoms with Crippen LogP contribution in [0.3, 0.4) is 0 Å². The van der Waals surface area contributed by atoms with Crippen molar-refractivity contribution >= 4 is 17.4 Å². The van der Waals surface area contributed by atoms with Crippen LogP contribution < -0.4 is 5.73 Å². The Morgan fingerprint density at radius 2 is 2.25 bits per heavy atom. The number of hydrogen-bond acceptors (Lipinski definition) is 2. The van der Waals surface area contributed by atoms with Crippen LogP contribution in [0, 0.1) is 12.7 Å². The van der Waals surface area contributed by atoms with Gasteiger partial charge in [0.2, 0.25) is 0 Å². The van der Waals surface area contributed by atoms with Crippen molar-refractivity contribution in [2.45, 2.75) is 13.5 Å². The molecule has 0 aliphatic carbocycles. The van der Waals surface area contributed by atoms with Crippen molar-refractivity contribution in [3.63, 3.8) is 0 Å². The molecule has 0 atom stereocenters. The van der Waals surface area contributed by atoms with Gasteiger partial charge in [0.1, 0.15) is 11.6 Å². The Hall–Kier alpha value is -1.55. The number of rotatable bonds is 2. The van der Waals surface area contributed by atoms with Gasteiger partial charge in [-0.15, -0.1) is 0 Å². The largest absolute Gasteiger partial charge is 0.382 e. The first-order valence-electron chi connectivity index (χ1n) is 4.81. The highest BCUT2D eigenvalue weighted by Crippen LogP contribution is 2.19. The summed E-state index contributed by atoms with van der Waals surface area (Å²) >= 11 is 5.70. The van der Waals surface area contributed by atoms with E-state index in [-0.39, 0.29) is 5.02 Å².